The van der Waals surface area contributed by atoms with Crippen LogP contribution < -0.4 is 0 Å². The van der Waals surface area contributed by atoms with Crippen molar-refractivity contribution in [3.8, 4) is 0 Å². The zero-order chi connectivity index (χ0) is 12.4. The molecule has 0 unspecified atom stereocenters. The Kier molecular flexibility index (Phi) is 3.44. The molecule has 0 amide bonds. The molecule has 0 aliphatic heterocycles. The zero-order valence-electron chi connectivity index (χ0n) is 8.35. The van der Waals surface area contributed by atoms with Crippen LogP contribution in [0.25, 0.3) is 0 Å². The van der Waals surface area contributed by atoms with E-state index in [-0.39, 0.29) is 0 Å². The summed E-state index contributed by atoms with van der Waals surface area (Å²) in [7, 11) is 0. The highest BCUT2D eigenvalue weighted by molar-refractivity contribution is 5.06. The lowest BCUT2D eigenvalue weighted by Crippen LogP contribution is -2.20. The van der Waals surface area contributed by atoms with Crippen molar-refractivity contribution in [2.75, 3.05) is 0 Å². The molecule has 1 aromatic heterocycles. The van der Waals surface area contributed by atoms with Crippen molar-refractivity contribution in [1.82, 2.24) is 9.97 Å². The maximum absolute atomic E-state index is 13.2. The van der Waals surface area contributed by atoms with Gasteiger partial charge in [0.25, 0.3) is 5.92 Å². The van der Waals surface area contributed by atoms with Crippen molar-refractivity contribution < 1.29 is 22.0 Å². The van der Waals surface area contributed by atoms with E-state index in [9.17, 15) is 22.0 Å². The van der Waals surface area contributed by atoms with Crippen LogP contribution in [0.15, 0.2) is 12.4 Å². The number of hydrogen-bond acceptors (Lipinski definition) is 2. The highest BCUT2D eigenvalue weighted by Gasteiger charge is 2.39. The Labute approximate surface area is 88.5 Å². The summed E-state index contributed by atoms with van der Waals surface area (Å²) in [5, 5.41) is 0. The molecule has 0 aliphatic carbocycles. The molecule has 7 heteroatoms. The van der Waals surface area contributed by atoms with Gasteiger partial charge in [-0.1, -0.05) is 0 Å². The van der Waals surface area contributed by atoms with Crippen molar-refractivity contribution in [3.05, 3.63) is 23.8 Å². The molecule has 90 valence electrons. The first-order valence-electron chi connectivity index (χ1n) is 4.44. The van der Waals surface area contributed by atoms with Crippen molar-refractivity contribution in [2.45, 2.75) is 31.9 Å². The second-order valence-corrected chi connectivity index (χ2v) is 3.36. The van der Waals surface area contributed by atoms with Crippen LogP contribution in [0, 0.1) is 6.92 Å². The fourth-order valence-electron chi connectivity index (χ4n) is 1.01. The Morgan fingerprint density at radius 3 is 2.06 bits per heavy atom. The first-order chi connectivity index (χ1) is 7.21. The predicted octanol–water partition coefficient (Wildman–Crippen LogP) is 3.22. The summed E-state index contributed by atoms with van der Waals surface area (Å²) >= 11 is 0. The topological polar surface area (TPSA) is 25.8 Å². The first kappa shape index (κ1) is 12.8. The molecule has 16 heavy (non-hydrogen) atoms. The van der Waals surface area contributed by atoms with Crippen molar-refractivity contribution >= 4 is 0 Å². The summed E-state index contributed by atoms with van der Waals surface area (Å²) in [6.45, 7) is 1.55. The molecule has 0 aliphatic rings. The molecular weight excluding hydrogens is 231 g/mol. The third-order valence-electron chi connectivity index (χ3n) is 1.88. The highest BCUT2D eigenvalue weighted by atomic mass is 19.4. The Morgan fingerprint density at radius 1 is 1.00 bits per heavy atom. The van der Waals surface area contributed by atoms with Crippen LogP contribution in [-0.4, -0.2) is 16.1 Å². The minimum Gasteiger partial charge on any atom is -0.258 e. The largest absolute Gasteiger partial charge is 0.389 e. The molecule has 0 N–H and O–H groups in total. The number of hydrogen-bond donors (Lipinski definition) is 0. The zero-order valence-corrected chi connectivity index (χ0v) is 8.35. The molecule has 0 spiro atoms. The van der Waals surface area contributed by atoms with E-state index < -0.39 is 30.6 Å². The Balaban J connectivity index is 2.73. The summed E-state index contributed by atoms with van der Waals surface area (Å²) in [6.07, 6.45) is -5.56. The third-order valence-corrected chi connectivity index (χ3v) is 1.88. The summed E-state index contributed by atoms with van der Waals surface area (Å²) in [5.74, 6) is -3.60. The lowest BCUT2D eigenvalue weighted by molar-refractivity contribution is -0.153. The van der Waals surface area contributed by atoms with E-state index in [1.54, 1.807) is 6.92 Å². The van der Waals surface area contributed by atoms with Gasteiger partial charge in [0.1, 0.15) is 5.69 Å². The highest BCUT2D eigenvalue weighted by Crippen LogP contribution is 2.35. The van der Waals surface area contributed by atoms with Gasteiger partial charge in [-0.2, -0.15) is 22.0 Å². The SMILES string of the molecule is Cc1cnc(C(F)(F)CCC(F)(F)F)cn1. The maximum atomic E-state index is 13.2. The van der Waals surface area contributed by atoms with Gasteiger partial charge in [0.05, 0.1) is 11.9 Å². The Hall–Kier alpha value is -1.27. The van der Waals surface area contributed by atoms with Gasteiger partial charge < -0.3 is 0 Å². The van der Waals surface area contributed by atoms with Gasteiger partial charge in [0.15, 0.2) is 0 Å². The van der Waals surface area contributed by atoms with E-state index >= 15 is 0 Å². The van der Waals surface area contributed by atoms with Crippen molar-refractivity contribution in [2.24, 2.45) is 0 Å². The van der Waals surface area contributed by atoms with Gasteiger partial charge in [-0.25, -0.2) is 0 Å². The van der Waals surface area contributed by atoms with Gasteiger partial charge in [-0.15, -0.1) is 0 Å². The summed E-state index contributed by atoms with van der Waals surface area (Å²) in [6, 6.07) is 0. The van der Waals surface area contributed by atoms with Crippen LogP contribution >= 0.6 is 0 Å². The molecule has 1 aromatic rings. The first-order valence-corrected chi connectivity index (χ1v) is 4.44. The quantitative estimate of drug-likeness (QED) is 0.758. The summed E-state index contributed by atoms with van der Waals surface area (Å²) in [5.41, 5.74) is -0.308. The number of rotatable bonds is 3. The molecular formula is C9H9F5N2. The van der Waals surface area contributed by atoms with Crippen LogP contribution in [0.1, 0.15) is 24.2 Å². The number of aromatic nitrogens is 2. The van der Waals surface area contributed by atoms with Gasteiger partial charge in [-0.05, 0) is 6.92 Å². The molecule has 1 heterocycles. The predicted molar refractivity (Wildman–Crippen MR) is 46.0 cm³/mol. The van der Waals surface area contributed by atoms with Gasteiger partial charge in [0, 0.05) is 19.0 Å². The molecule has 1 rings (SSSR count). The van der Waals surface area contributed by atoms with Crippen molar-refractivity contribution in [3.63, 3.8) is 0 Å². The lowest BCUT2D eigenvalue weighted by atomic mass is 10.1. The van der Waals surface area contributed by atoms with E-state index in [2.05, 4.69) is 9.97 Å². The monoisotopic (exact) mass is 240 g/mol. The lowest BCUT2D eigenvalue weighted by Gasteiger charge is -2.16. The normalized spacial score (nSPS) is 12.9. The van der Waals surface area contributed by atoms with Gasteiger partial charge in [-0.3, -0.25) is 9.97 Å². The number of alkyl halides is 5. The van der Waals surface area contributed by atoms with E-state index in [4.69, 9.17) is 0 Å². The fraction of sp³-hybridized carbons (Fsp3) is 0.556. The second-order valence-electron chi connectivity index (χ2n) is 3.36. The van der Waals surface area contributed by atoms with Gasteiger partial charge >= 0.3 is 6.18 Å². The average Bonchev–Trinajstić information content (AvgIpc) is 2.15. The van der Waals surface area contributed by atoms with Crippen LogP contribution in [-0.2, 0) is 5.92 Å². The summed E-state index contributed by atoms with van der Waals surface area (Å²) in [4.78, 5) is 6.94. The molecule has 0 saturated carbocycles. The van der Waals surface area contributed by atoms with Crippen LogP contribution in [0.5, 0.6) is 0 Å². The maximum Gasteiger partial charge on any atom is 0.389 e. The minimum absolute atomic E-state index is 0.426. The average molecular weight is 240 g/mol. The number of halogens is 5. The Morgan fingerprint density at radius 2 is 1.62 bits per heavy atom. The van der Waals surface area contributed by atoms with Gasteiger partial charge in [0.2, 0.25) is 0 Å². The molecule has 2 nitrogen and oxygen atoms in total. The summed E-state index contributed by atoms with van der Waals surface area (Å²) < 4.78 is 61.8. The minimum atomic E-state index is -4.60. The van der Waals surface area contributed by atoms with E-state index in [0.29, 0.717) is 5.69 Å². The molecule has 0 atom stereocenters. The van der Waals surface area contributed by atoms with Crippen LogP contribution in [0.3, 0.4) is 0 Å². The number of aryl methyl sites for hydroxylation is 1. The van der Waals surface area contributed by atoms with Crippen molar-refractivity contribution in [1.29, 1.82) is 0 Å². The standard InChI is InChI=1S/C9H9F5N2/c1-6-4-16-7(5-15-6)8(10,11)2-3-9(12,13)14/h4-5H,2-3H2,1H3. The molecule has 0 fully saturated rings. The second kappa shape index (κ2) is 4.31. The smallest absolute Gasteiger partial charge is 0.258 e. The fourth-order valence-corrected chi connectivity index (χ4v) is 1.01. The van der Waals surface area contributed by atoms with E-state index in [0.717, 1.165) is 12.4 Å². The molecule has 0 bridgehead atoms. The van der Waals surface area contributed by atoms with Crippen LogP contribution in [0.2, 0.25) is 0 Å². The van der Waals surface area contributed by atoms with E-state index in [1.165, 1.54) is 0 Å². The molecule has 0 aromatic carbocycles. The third kappa shape index (κ3) is 3.71. The molecule has 0 radical (unpaired) electrons. The Bertz CT molecular complexity index is 344. The van der Waals surface area contributed by atoms with Crippen LogP contribution in [0.4, 0.5) is 22.0 Å². The molecule has 0 saturated heterocycles. The van der Waals surface area contributed by atoms with E-state index in [1.807, 2.05) is 0 Å². The number of nitrogens with zero attached hydrogens (tertiary/aromatic N) is 2.